The van der Waals surface area contributed by atoms with Crippen LogP contribution in [0.4, 0.5) is 0 Å². The molecule has 0 saturated carbocycles. The number of carbonyl (C=O) groups is 2. The Balaban J connectivity index is 1.74. The number of aryl methyl sites for hydroxylation is 1. The van der Waals surface area contributed by atoms with Gasteiger partial charge in [0.05, 0.1) is 12.6 Å². The van der Waals surface area contributed by atoms with Gasteiger partial charge in [0.15, 0.2) is 0 Å². The second kappa shape index (κ2) is 12.4. The Labute approximate surface area is 204 Å². The molecule has 0 saturated heterocycles. The molecule has 180 valence electrons. The quantitative estimate of drug-likeness (QED) is 0.445. The summed E-state index contributed by atoms with van der Waals surface area (Å²) in [4.78, 5) is 30.6. The van der Waals surface area contributed by atoms with Crippen LogP contribution < -0.4 is 4.74 Å². The number of methoxy groups -OCH3 is 2. The van der Waals surface area contributed by atoms with E-state index in [1.165, 1.54) is 12.0 Å². The van der Waals surface area contributed by atoms with E-state index in [1.807, 2.05) is 30.0 Å². The molecule has 0 fully saturated rings. The lowest BCUT2D eigenvalue weighted by Crippen LogP contribution is -2.48. The van der Waals surface area contributed by atoms with E-state index in [1.54, 1.807) is 23.3 Å². The van der Waals surface area contributed by atoms with Crippen molar-refractivity contribution in [2.45, 2.75) is 25.8 Å². The summed E-state index contributed by atoms with van der Waals surface area (Å²) in [7, 11) is 3.09. The highest BCUT2D eigenvalue weighted by molar-refractivity contribution is 7.10. The maximum atomic E-state index is 13.4. The first-order valence-electron chi connectivity index (χ1n) is 10.9. The van der Waals surface area contributed by atoms with Crippen molar-refractivity contribution >= 4 is 34.8 Å². The highest BCUT2D eigenvalue weighted by Gasteiger charge is 2.33. The summed E-state index contributed by atoms with van der Waals surface area (Å²) >= 11 is 7.83. The van der Waals surface area contributed by atoms with Crippen LogP contribution in [-0.4, -0.2) is 75.3 Å². The summed E-state index contributed by atoms with van der Waals surface area (Å²) in [5.41, 5.74) is 2.05. The largest absolute Gasteiger partial charge is 0.491 e. The van der Waals surface area contributed by atoms with Crippen LogP contribution >= 0.6 is 22.9 Å². The first kappa shape index (κ1) is 25.5. The zero-order valence-electron chi connectivity index (χ0n) is 19.3. The molecule has 0 spiro atoms. The molecule has 7 nitrogen and oxygen atoms in total. The Morgan fingerprint density at radius 1 is 1.24 bits per heavy atom. The number of hydrogen-bond donors (Lipinski definition) is 0. The number of ether oxygens (including phenoxy) is 3. The van der Waals surface area contributed by atoms with Gasteiger partial charge >= 0.3 is 0 Å². The van der Waals surface area contributed by atoms with Crippen molar-refractivity contribution in [1.29, 1.82) is 0 Å². The third-order valence-electron chi connectivity index (χ3n) is 5.68. The van der Waals surface area contributed by atoms with Gasteiger partial charge in [-0.25, -0.2) is 0 Å². The summed E-state index contributed by atoms with van der Waals surface area (Å²) in [6.45, 7) is 3.74. The molecule has 1 aromatic heterocycles. The maximum Gasteiger partial charge on any atom is 0.249 e. The average Bonchev–Trinajstić information content (AvgIpc) is 3.28. The molecule has 3 rings (SSSR count). The molecular weight excluding hydrogens is 464 g/mol. The van der Waals surface area contributed by atoms with Crippen molar-refractivity contribution in [3.63, 3.8) is 0 Å². The van der Waals surface area contributed by atoms with Crippen LogP contribution in [-0.2, 0) is 25.5 Å². The Morgan fingerprint density at radius 3 is 2.79 bits per heavy atom. The van der Waals surface area contributed by atoms with Gasteiger partial charge in [0, 0.05) is 43.8 Å². The lowest BCUT2D eigenvalue weighted by Gasteiger charge is -2.37. The van der Waals surface area contributed by atoms with Crippen LogP contribution in [0.15, 0.2) is 29.6 Å². The summed E-state index contributed by atoms with van der Waals surface area (Å²) in [6.07, 6.45) is 1.45. The standard InChI is InChI=1S/C24H31ClN2O5S/c1-17-13-18(5-6-20(17)25)32-15-21-19-8-12-33-22(19)7-10-27(21)23(28)14-26(9-4-11-30-2)24(29)16-31-3/h5-6,8,12-13,21H,4,7,9-11,14-16H2,1-3H3/t21-/m1/s1. The van der Waals surface area contributed by atoms with E-state index in [9.17, 15) is 9.59 Å². The fraction of sp³-hybridized carbons (Fsp3) is 0.500. The molecule has 1 aromatic carbocycles. The minimum Gasteiger partial charge on any atom is -0.491 e. The van der Waals surface area contributed by atoms with Crippen molar-refractivity contribution in [2.24, 2.45) is 0 Å². The molecule has 0 N–H and O–H groups in total. The van der Waals surface area contributed by atoms with Crippen LogP contribution in [0.3, 0.4) is 0 Å². The average molecular weight is 495 g/mol. The fourth-order valence-corrected chi connectivity index (χ4v) is 4.96. The molecule has 2 heterocycles. The Bertz CT molecular complexity index is 951. The van der Waals surface area contributed by atoms with E-state index < -0.39 is 0 Å². The lowest BCUT2D eigenvalue weighted by atomic mass is 10.0. The van der Waals surface area contributed by atoms with E-state index in [2.05, 4.69) is 11.4 Å². The summed E-state index contributed by atoms with van der Waals surface area (Å²) in [5.74, 6) is 0.400. The van der Waals surface area contributed by atoms with E-state index in [4.69, 9.17) is 25.8 Å². The third-order valence-corrected chi connectivity index (χ3v) is 7.10. The number of thiophene rings is 1. The number of benzene rings is 1. The van der Waals surface area contributed by atoms with Gasteiger partial charge in [-0.2, -0.15) is 0 Å². The Hall–Kier alpha value is -2.13. The Kier molecular flexibility index (Phi) is 9.55. The molecule has 1 atom stereocenters. The zero-order valence-corrected chi connectivity index (χ0v) is 20.9. The predicted molar refractivity (Wildman–Crippen MR) is 129 cm³/mol. The van der Waals surface area contributed by atoms with Gasteiger partial charge in [-0.05, 0) is 60.5 Å². The number of nitrogens with zero attached hydrogens (tertiary/aromatic N) is 2. The fourth-order valence-electron chi connectivity index (χ4n) is 3.92. The molecule has 0 aliphatic carbocycles. The van der Waals surface area contributed by atoms with Crippen molar-refractivity contribution in [3.8, 4) is 5.75 Å². The van der Waals surface area contributed by atoms with E-state index in [-0.39, 0.29) is 31.0 Å². The summed E-state index contributed by atoms with van der Waals surface area (Å²) in [5, 5.41) is 2.74. The van der Waals surface area contributed by atoms with Gasteiger partial charge in [-0.3, -0.25) is 9.59 Å². The van der Waals surface area contributed by atoms with Gasteiger partial charge in [-0.1, -0.05) is 11.6 Å². The van der Waals surface area contributed by atoms with Gasteiger partial charge in [0.25, 0.3) is 0 Å². The third kappa shape index (κ3) is 6.69. The molecule has 33 heavy (non-hydrogen) atoms. The highest BCUT2D eigenvalue weighted by Crippen LogP contribution is 2.34. The topological polar surface area (TPSA) is 68.3 Å². The van der Waals surface area contributed by atoms with Crippen LogP contribution in [0.2, 0.25) is 5.02 Å². The maximum absolute atomic E-state index is 13.4. The smallest absolute Gasteiger partial charge is 0.249 e. The van der Waals surface area contributed by atoms with Crippen molar-refractivity contribution in [3.05, 3.63) is 50.7 Å². The van der Waals surface area contributed by atoms with Gasteiger partial charge < -0.3 is 24.0 Å². The van der Waals surface area contributed by atoms with Crippen LogP contribution in [0.5, 0.6) is 5.75 Å². The molecule has 0 unspecified atom stereocenters. The van der Waals surface area contributed by atoms with E-state index in [0.29, 0.717) is 43.5 Å². The van der Waals surface area contributed by atoms with Crippen LogP contribution in [0.1, 0.15) is 28.5 Å². The molecule has 2 amide bonds. The minimum absolute atomic E-state index is 0.00192. The van der Waals surface area contributed by atoms with Crippen LogP contribution in [0.25, 0.3) is 0 Å². The first-order chi connectivity index (χ1) is 15.9. The molecule has 0 radical (unpaired) electrons. The molecule has 1 aliphatic heterocycles. The number of carbonyl (C=O) groups excluding carboxylic acids is 2. The van der Waals surface area contributed by atoms with Crippen LogP contribution in [0, 0.1) is 6.92 Å². The van der Waals surface area contributed by atoms with Crippen molar-refractivity contribution in [1.82, 2.24) is 9.80 Å². The number of hydrogen-bond acceptors (Lipinski definition) is 6. The molecular formula is C24H31ClN2O5S. The summed E-state index contributed by atoms with van der Waals surface area (Å²) in [6, 6.07) is 7.38. The minimum atomic E-state index is -0.221. The molecule has 1 aliphatic rings. The molecule has 2 aromatic rings. The van der Waals surface area contributed by atoms with E-state index >= 15 is 0 Å². The predicted octanol–water partition coefficient (Wildman–Crippen LogP) is 3.73. The zero-order chi connectivity index (χ0) is 23.8. The number of amides is 2. The lowest BCUT2D eigenvalue weighted by molar-refractivity contribution is -0.144. The highest BCUT2D eigenvalue weighted by atomic mass is 35.5. The van der Waals surface area contributed by atoms with Crippen molar-refractivity contribution < 1.29 is 23.8 Å². The van der Waals surface area contributed by atoms with Gasteiger partial charge in [-0.15, -0.1) is 11.3 Å². The van der Waals surface area contributed by atoms with Crippen molar-refractivity contribution in [2.75, 3.05) is 53.7 Å². The SMILES string of the molecule is COCCCN(CC(=O)N1CCc2sccc2[C@H]1COc1ccc(Cl)c(C)c1)C(=O)COC. The number of halogens is 1. The Morgan fingerprint density at radius 2 is 2.06 bits per heavy atom. The van der Waals surface area contributed by atoms with Gasteiger partial charge in [0.2, 0.25) is 11.8 Å². The van der Waals surface area contributed by atoms with E-state index in [0.717, 1.165) is 17.5 Å². The molecule has 0 bridgehead atoms. The normalized spacial score (nSPS) is 15.3. The number of fused-ring (bicyclic) bond motifs is 1. The number of rotatable bonds is 11. The first-order valence-corrected chi connectivity index (χ1v) is 12.2. The second-order valence-corrected chi connectivity index (χ2v) is 9.38. The monoisotopic (exact) mass is 494 g/mol. The van der Waals surface area contributed by atoms with Gasteiger partial charge in [0.1, 0.15) is 19.0 Å². The second-order valence-electron chi connectivity index (χ2n) is 7.97. The molecule has 9 heteroatoms. The summed E-state index contributed by atoms with van der Waals surface area (Å²) < 4.78 is 16.2.